The number of amides is 1. The molecular formula is C27H29Cl2N3O3S. The third-order valence-corrected chi connectivity index (χ3v) is 8.61. The lowest BCUT2D eigenvalue weighted by Crippen LogP contribution is -2.30. The number of benzene rings is 2. The number of carbonyl (C=O) groups excluding carboxylic acids is 1. The number of anilines is 1. The van der Waals surface area contributed by atoms with Gasteiger partial charge in [0, 0.05) is 62.4 Å². The van der Waals surface area contributed by atoms with E-state index in [1.165, 1.54) is 12.8 Å². The van der Waals surface area contributed by atoms with Crippen LogP contribution in [0.5, 0.6) is 11.5 Å². The maximum atomic E-state index is 13.6. The zero-order valence-electron chi connectivity index (χ0n) is 20.1. The van der Waals surface area contributed by atoms with E-state index in [9.17, 15) is 9.90 Å². The van der Waals surface area contributed by atoms with Gasteiger partial charge >= 0.3 is 0 Å². The molecule has 6 nitrogen and oxygen atoms in total. The monoisotopic (exact) mass is 545 g/mol. The number of halogens is 2. The Balaban J connectivity index is 0.00000267. The van der Waals surface area contributed by atoms with Crippen molar-refractivity contribution in [1.29, 1.82) is 0 Å². The fourth-order valence-electron chi connectivity index (χ4n) is 5.41. The number of alkyl halides is 1. The van der Waals surface area contributed by atoms with E-state index >= 15 is 0 Å². The quantitative estimate of drug-likeness (QED) is 0.280. The standard InChI is InChI=1S/C27H28ClN3O3S.ClH/c1-16-10-20-24(32)13-23-25(26(20)35-16)18(14-28)15-31(23)27(33)22-12-17-11-19(4-5-21(17)29-22)34-9-8-30-6-2-3-7-30;/h4-5,10-13,18,29,32H,2-3,6-9,14-15H2,1H3;1H/t18-;/m1./s1. The van der Waals surface area contributed by atoms with E-state index < -0.39 is 0 Å². The molecule has 0 unspecified atom stereocenters. The average molecular weight is 547 g/mol. The molecule has 1 saturated heterocycles. The molecule has 190 valence electrons. The number of phenols is 1. The summed E-state index contributed by atoms with van der Waals surface area (Å²) < 4.78 is 7.00. The Bertz CT molecular complexity index is 1430. The van der Waals surface area contributed by atoms with Gasteiger partial charge < -0.3 is 19.7 Å². The van der Waals surface area contributed by atoms with E-state index in [1.807, 2.05) is 37.3 Å². The van der Waals surface area contributed by atoms with E-state index in [4.69, 9.17) is 16.3 Å². The van der Waals surface area contributed by atoms with Gasteiger partial charge in [-0.05, 0) is 63.2 Å². The summed E-state index contributed by atoms with van der Waals surface area (Å²) in [6.45, 7) is 6.43. The largest absolute Gasteiger partial charge is 0.507 e. The number of aryl methyl sites for hydroxylation is 1. The smallest absolute Gasteiger partial charge is 0.274 e. The van der Waals surface area contributed by atoms with Crippen LogP contribution in [-0.2, 0) is 0 Å². The number of aromatic nitrogens is 1. The summed E-state index contributed by atoms with van der Waals surface area (Å²) in [5.41, 5.74) is 3.21. The van der Waals surface area contributed by atoms with Crippen molar-refractivity contribution in [3.63, 3.8) is 0 Å². The van der Waals surface area contributed by atoms with Gasteiger partial charge in [-0.3, -0.25) is 9.69 Å². The third-order valence-electron chi connectivity index (χ3n) is 7.16. The zero-order valence-corrected chi connectivity index (χ0v) is 22.4. The molecule has 0 aliphatic carbocycles. The lowest BCUT2D eigenvalue weighted by atomic mass is 10.0. The van der Waals surface area contributed by atoms with Crippen molar-refractivity contribution in [2.45, 2.75) is 25.7 Å². The Morgan fingerprint density at radius 2 is 2.03 bits per heavy atom. The number of aromatic amines is 1. The van der Waals surface area contributed by atoms with Gasteiger partial charge in [-0.25, -0.2) is 0 Å². The molecule has 2 N–H and O–H groups in total. The molecule has 6 rings (SSSR count). The first-order chi connectivity index (χ1) is 17.0. The fourth-order valence-corrected chi connectivity index (χ4v) is 6.82. The van der Waals surface area contributed by atoms with Gasteiger partial charge in [-0.1, -0.05) is 0 Å². The van der Waals surface area contributed by atoms with E-state index in [2.05, 4.69) is 9.88 Å². The summed E-state index contributed by atoms with van der Waals surface area (Å²) in [5.74, 6) is 1.32. The third kappa shape index (κ3) is 4.43. The predicted molar refractivity (Wildman–Crippen MR) is 150 cm³/mol. The number of fused-ring (bicyclic) bond motifs is 4. The molecule has 1 fully saturated rings. The summed E-state index contributed by atoms with van der Waals surface area (Å²) in [6, 6.07) is 11.5. The topological polar surface area (TPSA) is 68.8 Å². The Morgan fingerprint density at radius 1 is 1.22 bits per heavy atom. The van der Waals surface area contributed by atoms with Crippen molar-refractivity contribution in [2.75, 3.05) is 43.6 Å². The van der Waals surface area contributed by atoms with Crippen LogP contribution in [0.15, 0.2) is 36.4 Å². The molecule has 2 aromatic heterocycles. The van der Waals surface area contributed by atoms with Crippen molar-refractivity contribution >= 4 is 67.9 Å². The molecule has 2 aliphatic rings. The van der Waals surface area contributed by atoms with Crippen molar-refractivity contribution < 1.29 is 14.6 Å². The summed E-state index contributed by atoms with van der Waals surface area (Å²) in [7, 11) is 0. The molecule has 0 radical (unpaired) electrons. The summed E-state index contributed by atoms with van der Waals surface area (Å²) in [5, 5.41) is 12.4. The Kier molecular flexibility index (Phi) is 7.10. The maximum Gasteiger partial charge on any atom is 0.274 e. The minimum absolute atomic E-state index is 0. The number of thiophene rings is 1. The molecule has 1 amide bonds. The van der Waals surface area contributed by atoms with Crippen molar-refractivity contribution in [3.8, 4) is 11.5 Å². The number of nitrogens with zero attached hydrogens (tertiary/aromatic N) is 2. The number of aromatic hydroxyl groups is 1. The van der Waals surface area contributed by atoms with E-state index in [0.29, 0.717) is 24.7 Å². The maximum absolute atomic E-state index is 13.6. The van der Waals surface area contributed by atoms with Crippen LogP contribution in [0.3, 0.4) is 0 Å². The molecule has 9 heteroatoms. The lowest BCUT2D eigenvalue weighted by molar-refractivity contribution is 0.0984. The van der Waals surface area contributed by atoms with Gasteiger partial charge in [0.25, 0.3) is 5.91 Å². The highest BCUT2D eigenvalue weighted by Gasteiger charge is 2.36. The molecule has 4 heterocycles. The van der Waals surface area contributed by atoms with Gasteiger partial charge in [0.15, 0.2) is 0 Å². The highest BCUT2D eigenvalue weighted by atomic mass is 35.5. The van der Waals surface area contributed by atoms with Crippen LogP contribution >= 0.6 is 35.3 Å². The molecule has 36 heavy (non-hydrogen) atoms. The normalized spacial score (nSPS) is 17.6. The SMILES string of the molecule is Cc1cc2c(O)cc3c(c2s1)[C@H](CCl)CN3C(=O)c1cc2cc(OCCN3CCCC3)ccc2[nH]1.Cl. The number of rotatable bonds is 6. The first kappa shape index (κ1) is 25.2. The average Bonchev–Trinajstić information content (AvgIpc) is 3.63. The number of likely N-dealkylation sites (tertiary alicyclic amines) is 1. The molecule has 2 aromatic carbocycles. The Labute approximate surface area is 225 Å². The van der Waals surface area contributed by atoms with Crippen LogP contribution in [0.4, 0.5) is 5.69 Å². The number of hydrogen-bond acceptors (Lipinski definition) is 5. The summed E-state index contributed by atoms with van der Waals surface area (Å²) in [6.07, 6.45) is 2.55. The van der Waals surface area contributed by atoms with E-state index in [1.54, 1.807) is 22.3 Å². The number of ether oxygens (including phenoxy) is 1. The fraction of sp³-hybridized carbons (Fsp3) is 0.370. The summed E-state index contributed by atoms with van der Waals surface area (Å²) in [4.78, 5) is 22.2. The number of H-pyrrole nitrogens is 1. The van der Waals surface area contributed by atoms with Crippen LogP contribution in [-0.4, -0.2) is 59.6 Å². The second-order valence-corrected chi connectivity index (χ2v) is 11.1. The van der Waals surface area contributed by atoms with Gasteiger partial charge in [0.2, 0.25) is 0 Å². The van der Waals surface area contributed by atoms with Gasteiger partial charge in [0.1, 0.15) is 23.8 Å². The second-order valence-electron chi connectivity index (χ2n) is 9.52. The van der Waals surface area contributed by atoms with Crippen LogP contribution in [0.25, 0.3) is 21.0 Å². The highest BCUT2D eigenvalue weighted by molar-refractivity contribution is 7.19. The van der Waals surface area contributed by atoms with E-state index in [0.717, 1.165) is 62.5 Å². The molecule has 2 aliphatic heterocycles. The minimum Gasteiger partial charge on any atom is -0.507 e. The van der Waals surface area contributed by atoms with Gasteiger partial charge in [0.05, 0.1) is 5.69 Å². The van der Waals surface area contributed by atoms with Gasteiger partial charge in [-0.15, -0.1) is 35.3 Å². The number of nitrogens with one attached hydrogen (secondary N) is 1. The molecule has 1 atom stereocenters. The summed E-state index contributed by atoms with van der Waals surface area (Å²) >= 11 is 7.98. The number of hydrogen-bond donors (Lipinski definition) is 2. The lowest BCUT2D eigenvalue weighted by Gasteiger charge is -2.17. The van der Waals surface area contributed by atoms with Gasteiger partial charge in [-0.2, -0.15) is 0 Å². The minimum atomic E-state index is -0.126. The molecule has 0 bridgehead atoms. The second kappa shape index (κ2) is 10.1. The predicted octanol–water partition coefficient (Wildman–Crippen LogP) is 6.28. The molecular weight excluding hydrogens is 517 g/mol. The number of phenolic OH excluding ortho intramolecular Hbond substituents is 1. The molecule has 4 aromatic rings. The zero-order chi connectivity index (χ0) is 24.1. The first-order valence-electron chi connectivity index (χ1n) is 12.1. The van der Waals surface area contributed by atoms with E-state index in [-0.39, 0.29) is 30.0 Å². The van der Waals surface area contributed by atoms with Crippen molar-refractivity contribution in [3.05, 3.63) is 52.5 Å². The van der Waals surface area contributed by atoms with Crippen LogP contribution in [0.1, 0.15) is 39.7 Å². The number of carbonyl (C=O) groups is 1. The van der Waals surface area contributed by atoms with Crippen molar-refractivity contribution in [2.24, 2.45) is 0 Å². The van der Waals surface area contributed by atoms with Crippen molar-refractivity contribution in [1.82, 2.24) is 9.88 Å². The Morgan fingerprint density at radius 3 is 2.81 bits per heavy atom. The highest BCUT2D eigenvalue weighted by Crippen LogP contribution is 2.48. The molecule has 0 saturated carbocycles. The molecule has 0 spiro atoms. The van der Waals surface area contributed by atoms with Crippen LogP contribution in [0.2, 0.25) is 0 Å². The Hall–Kier alpha value is -2.45. The first-order valence-corrected chi connectivity index (χ1v) is 13.5. The van der Waals surface area contributed by atoms with Crippen LogP contribution in [0, 0.1) is 6.92 Å². The van der Waals surface area contributed by atoms with Crippen LogP contribution < -0.4 is 9.64 Å².